The maximum absolute atomic E-state index is 11.9. The van der Waals surface area contributed by atoms with Crippen LogP contribution in [-0.2, 0) is 16.0 Å². The summed E-state index contributed by atoms with van der Waals surface area (Å²) in [6.45, 7) is 0.546. The number of carboxylic acid groups (broad SMARTS) is 1. The SMILES string of the molecule is O=C(O)C1CCC(C(=O)NCCc2ccccn2)C1. The quantitative estimate of drug-likeness (QED) is 0.836. The van der Waals surface area contributed by atoms with Gasteiger partial charge in [0.2, 0.25) is 5.91 Å². The highest BCUT2D eigenvalue weighted by Gasteiger charge is 2.33. The molecule has 2 rings (SSSR count). The summed E-state index contributed by atoms with van der Waals surface area (Å²) in [5, 5.41) is 11.8. The van der Waals surface area contributed by atoms with Crippen LogP contribution in [0.2, 0.25) is 0 Å². The molecule has 1 aromatic rings. The molecule has 102 valence electrons. The Bertz CT molecular complexity index is 447. The molecule has 1 aliphatic rings. The van der Waals surface area contributed by atoms with Crippen LogP contribution in [0, 0.1) is 11.8 Å². The van der Waals surface area contributed by atoms with Crippen molar-refractivity contribution >= 4 is 11.9 Å². The van der Waals surface area contributed by atoms with E-state index in [1.807, 2.05) is 18.2 Å². The maximum atomic E-state index is 11.9. The summed E-state index contributed by atoms with van der Waals surface area (Å²) in [6, 6.07) is 5.69. The monoisotopic (exact) mass is 262 g/mol. The third-order valence-electron chi connectivity index (χ3n) is 3.56. The van der Waals surface area contributed by atoms with Crippen LogP contribution in [0.5, 0.6) is 0 Å². The van der Waals surface area contributed by atoms with E-state index in [0.717, 1.165) is 5.69 Å². The largest absolute Gasteiger partial charge is 0.481 e. The Balaban J connectivity index is 1.72. The second-order valence-electron chi connectivity index (χ2n) is 4.91. The standard InChI is InChI=1S/C14H18N2O3/c17-13(10-4-5-11(9-10)14(18)19)16-8-6-12-3-1-2-7-15-12/h1-3,7,10-11H,4-6,8-9H2,(H,16,17)(H,18,19). The van der Waals surface area contributed by atoms with Crippen molar-refractivity contribution in [3.05, 3.63) is 30.1 Å². The van der Waals surface area contributed by atoms with E-state index in [4.69, 9.17) is 5.11 Å². The Morgan fingerprint density at radius 3 is 2.74 bits per heavy atom. The number of pyridine rings is 1. The van der Waals surface area contributed by atoms with E-state index >= 15 is 0 Å². The van der Waals surface area contributed by atoms with E-state index in [0.29, 0.717) is 32.2 Å². The molecule has 0 aliphatic heterocycles. The topological polar surface area (TPSA) is 79.3 Å². The summed E-state index contributed by atoms with van der Waals surface area (Å²) in [5.74, 6) is -1.32. The smallest absolute Gasteiger partial charge is 0.306 e. The number of nitrogens with zero attached hydrogens (tertiary/aromatic N) is 1. The lowest BCUT2D eigenvalue weighted by Crippen LogP contribution is -2.31. The van der Waals surface area contributed by atoms with Crippen LogP contribution >= 0.6 is 0 Å². The summed E-state index contributed by atoms with van der Waals surface area (Å²) in [6.07, 6.45) is 4.16. The minimum absolute atomic E-state index is 0.0281. The van der Waals surface area contributed by atoms with E-state index in [-0.39, 0.29) is 17.7 Å². The molecule has 2 N–H and O–H groups in total. The molecule has 19 heavy (non-hydrogen) atoms. The van der Waals surface area contributed by atoms with Crippen molar-refractivity contribution in [1.29, 1.82) is 0 Å². The molecule has 2 atom stereocenters. The highest BCUT2D eigenvalue weighted by molar-refractivity contribution is 5.80. The number of nitrogens with one attached hydrogen (secondary N) is 1. The van der Waals surface area contributed by atoms with Crippen LogP contribution in [0.15, 0.2) is 24.4 Å². The molecule has 2 unspecified atom stereocenters. The molecule has 0 aromatic carbocycles. The highest BCUT2D eigenvalue weighted by atomic mass is 16.4. The zero-order valence-electron chi connectivity index (χ0n) is 10.7. The van der Waals surface area contributed by atoms with Crippen LogP contribution < -0.4 is 5.32 Å². The summed E-state index contributed by atoms with van der Waals surface area (Å²) >= 11 is 0. The van der Waals surface area contributed by atoms with Crippen molar-refractivity contribution in [1.82, 2.24) is 10.3 Å². The summed E-state index contributed by atoms with van der Waals surface area (Å²) < 4.78 is 0. The predicted octanol–water partition coefficient (Wildman–Crippen LogP) is 1.24. The fourth-order valence-corrected chi connectivity index (χ4v) is 2.45. The minimum Gasteiger partial charge on any atom is -0.481 e. The Labute approximate surface area is 112 Å². The van der Waals surface area contributed by atoms with Crippen LogP contribution in [0.25, 0.3) is 0 Å². The van der Waals surface area contributed by atoms with E-state index in [1.165, 1.54) is 0 Å². The number of rotatable bonds is 5. The van der Waals surface area contributed by atoms with Gasteiger partial charge in [0.25, 0.3) is 0 Å². The van der Waals surface area contributed by atoms with Gasteiger partial charge in [0, 0.05) is 30.8 Å². The first-order valence-electron chi connectivity index (χ1n) is 6.57. The lowest BCUT2D eigenvalue weighted by molar-refractivity contribution is -0.141. The van der Waals surface area contributed by atoms with Gasteiger partial charge in [-0.2, -0.15) is 0 Å². The van der Waals surface area contributed by atoms with Gasteiger partial charge in [0.15, 0.2) is 0 Å². The van der Waals surface area contributed by atoms with Crippen LogP contribution in [-0.4, -0.2) is 28.5 Å². The Morgan fingerprint density at radius 2 is 2.11 bits per heavy atom. The molecule has 0 bridgehead atoms. The number of aliphatic carboxylic acids is 1. The van der Waals surface area contributed by atoms with Gasteiger partial charge >= 0.3 is 5.97 Å². The second-order valence-corrected chi connectivity index (χ2v) is 4.91. The lowest BCUT2D eigenvalue weighted by Gasteiger charge is -2.10. The second kappa shape index (κ2) is 6.31. The van der Waals surface area contributed by atoms with E-state index in [9.17, 15) is 9.59 Å². The number of hydrogen-bond donors (Lipinski definition) is 2. The third kappa shape index (κ3) is 3.77. The minimum atomic E-state index is -0.788. The van der Waals surface area contributed by atoms with Gasteiger partial charge in [0.1, 0.15) is 0 Å². The van der Waals surface area contributed by atoms with Gasteiger partial charge in [-0.05, 0) is 31.4 Å². The molecule has 0 saturated heterocycles. The molecule has 5 heteroatoms. The molecule has 5 nitrogen and oxygen atoms in total. The van der Waals surface area contributed by atoms with Crippen LogP contribution in [0.1, 0.15) is 25.0 Å². The highest BCUT2D eigenvalue weighted by Crippen LogP contribution is 2.30. The van der Waals surface area contributed by atoms with E-state index < -0.39 is 5.97 Å². The molecule has 1 fully saturated rings. The van der Waals surface area contributed by atoms with Crippen LogP contribution in [0.4, 0.5) is 0 Å². The number of carbonyl (C=O) groups is 2. The Kier molecular flexibility index (Phi) is 4.49. The van der Waals surface area contributed by atoms with E-state index in [1.54, 1.807) is 6.20 Å². The zero-order valence-corrected chi connectivity index (χ0v) is 10.7. The van der Waals surface area contributed by atoms with Gasteiger partial charge in [-0.15, -0.1) is 0 Å². The number of hydrogen-bond acceptors (Lipinski definition) is 3. The van der Waals surface area contributed by atoms with Gasteiger partial charge in [-0.1, -0.05) is 6.07 Å². The van der Waals surface area contributed by atoms with Crippen molar-refractivity contribution in [3.63, 3.8) is 0 Å². The molecule has 1 saturated carbocycles. The number of aromatic nitrogens is 1. The average molecular weight is 262 g/mol. The molecular formula is C14H18N2O3. The van der Waals surface area contributed by atoms with Crippen molar-refractivity contribution in [2.45, 2.75) is 25.7 Å². The third-order valence-corrected chi connectivity index (χ3v) is 3.56. The fourth-order valence-electron chi connectivity index (χ4n) is 2.45. The van der Waals surface area contributed by atoms with Crippen molar-refractivity contribution in [2.75, 3.05) is 6.54 Å². The summed E-state index contributed by atoms with van der Waals surface area (Å²) in [5.41, 5.74) is 0.942. The number of amides is 1. The first-order valence-corrected chi connectivity index (χ1v) is 6.57. The summed E-state index contributed by atoms with van der Waals surface area (Å²) in [7, 11) is 0. The first kappa shape index (κ1) is 13.5. The van der Waals surface area contributed by atoms with Gasteiger partial charge < -0.3 is 10.4 Å². The normalized spacial score (nSPS) is 22.1. The molecule has 1 heterocycles. The molecular weight excluding hydrogens is 244 g/mol. The number of carbonyl (C=O) groups excluding carboxylic acids is 1. The van der Waals surface area contributed by atoms with Gasteiger partial charge in [-0.3, -0.25) is 14.6 Å². The van der Waals surface area contributed by atoms with Crippen molar-refractivity contribution in [2.24, 2.45) is 11.8 Å². The lowest BCUT2D eigenvalue weighted by atomic mass is 10.0. The Morgan fingerprint density at radius 1 is 1.32 bits per heavy atom. The molecule has 0 radical (unpaired) electrons. The Hall–Kier alpha value is -1.91. The first-order chi connectivity index (χ1) is 9.16. The predicted molar refractivity (Wildman–Crippen MR) is 69.4 cm³/mol. The average Bonchev–Trinajstić information content (AvgIpc) is 2.89. The zero-order chi connectivity index (χ0) is 13.7. The van der Waals surface area contributed by atoms with Crippen molar-refractivity contribution in [3.8, 4) is 0 Å². The molecule has 0 spiro atoms. The molecule has 1 aliphatic carbocycles. The van der Waals surface area contributed by atoms with Gasteiger partial charge in [-0.25, -0.2) is 0 Å². The number of carboxylic acids is 1. The molecule has 1 aromatic heterocycles. The maximum Gasteiger partial charge on any atom is 0.306 e. The fraction of sp³-hybridized carbons (Fsp3) is 0.500. The van der Waals surface area contributed by atoms with Gasteiger partial charge in [0.05, 0.1) is 5.92 Å². The van der Waals surface area contributed by atoms with E-state index in [2.05, 4.69) is 10.3 Å². The summed E-state index contributed by atoms with van der Waals surface area (Å²) in [4.78, 5) is 26.9. The molecule has 1 amide bonds. The van der Waals surface area contributed by atoms with Crippen molar-refractivity contribution < 1.29 is 14.7 Å². The van der Waals surface area contributed by atoms with Crippen LogP contribution in [0.3, 0.4) is 0 Å².